The average molecular weight is 543 g/mol. The Hall–Kier alpha value is -3.32. The van der Waals surface area contributed by atoms with Crippen molar-refractivity contribution in [3.8, 4) is 0 Å². The number of benzene rings is 3. The van der Waals surface area contributed by atoms with E-state index in [2.05, 4.69) is 10.6 Å². The molecule has 6 nitrogen and oxygen atoms in total. The van der Waals surface area contributed by atoms with Crippen LogP contribution >= 0.6 is 34.8 Å². The highest BCUT2D eigenvalue weighted by molar-refractivity contribution is 6.54. The van der Waals surface area contributed by atoms with Crippen LogP contribution < -0.4 is 15.5 Å². The number of aryl methyl sites for hydroxylation is 2. The van der Waals surface area contributed by atoms with Gasteiger partial charge in [0.25, 0.3) is 17.7 Å². The number of rotatable bonds is 7. The third-order valence-electron chi connectivity index (χ3n) is 5.83. The number of hydrogen-bond acceptors (Lipinski definition) is 4. The van der Waals surface area contributed by atoms with Gasteiger partial charge >= 0.3 is 0 Å². The maximum absolute atomic E-state index is 13.1. The van der Waals surface area contributed by atoms with E-state index in [1.165, 1.54) is 6.07 Å². The largest absolute Gasteiger partial charge is 0.350 e. The fourth-order valence-electron chi connectivity index (χ4n) is 3.97. The molecule has 3 amide bonds. The minimum absolute atomic E-state index is 0.0593. The van der Waals surface area contributed by atoms with Gasteiger partial charge in [0.1, 0.15) is 10.7 Å². The van der Waals surface area contributed by atoms with E-state index in [0.717, 1.165) is 34.6 Å². The Morgan fingerprint density at radius 2 is 1.50 bits per heavy atom. The van der Waals surface area contributed by atoms with E-state index in [1.807, 2.05) is 32.0 Å². The smallest absolute Gasteiger partial charge is 0.283 e. The van der Waals surface area contributed by atoms with E-state index in [0.29, 0.717) is 11.3 Å². The van der Waals surface area contributed by atoms with Crippen LogP contribution in [0.5, 0.6) is 0 Å². The Bertz CT molecular complexity index is 1400. The molecule has 0 unspecified atom stereocenters. The minimum atomic E-state index is -0.731. The number of carbonyl (C=O) groups is 3. The van der Waals surface area contributed by atoms with E-state index in [4.69, 9.17) is 34.8 Å². The molecule has 1 aliphatic rings. The first-order valence-corrected chi connectivity index (χ1v) is 12.4. The minimum Gasteiger partial charge on any atom is -0.350 e. The standard InChI is InChI=1S/C27H22Cl3N3O3/c1-3-15-8-5-9-16(4-2)23(15)32-25(34)17-10-6-11-18(14-17)31-24-22(30)26(35)33(27(24)36)20-13-7-12-19(28)21(20)29/h5-14,31H,3-4H2,1-2H3,(H,32,34). The molecule has 0 saturated carbocycles. The molecule has 0 atom stereocenters. The van der Waals surface area contributed by atoms with Crippen LogP contribution in [0.4, 0.5) is 17.1 Å². The molecule has 3 aromatic rings. The highest BCUT2D eigenvalue weighted by Gasteiger charge is 2.40. The molecule has 2 N–H and O–H groups in total. The number of halogens is 3. The van der Waals surface area contributed by atoms with Crippen LogP contribution in [0.2, 0.25) is 10.0 Å². The summed E-state index contributed by atoms with van der Waals surface area (Å²) in [5.41, 5.74) is 3.69. The number of hydrogen-bond donors (Lipinski definition) is 2. The second-order valence-electron chi connectivity index (χ2n) is 8.03. The number of anilines is 3. The summed E-state index contributed by atoms with van der Waals surface area (Å²) in [6.07, 6.45) is 1.56. The van der Waals surface area contributed by atoms with Crippen LogP contribution in [0.3, 0.4) is 0 Å². The zero-order valence-electron chi connectivity index (χ0n) is 19.5. The third kappa shape index (κ3) is 4.85. The molecule has 1 heterocycles. The van der Waals surface area contributed by atoms with Crippen LogP contribution in [-0.4, -0.2) is 17.7 Å². The van der Waals surface area contributed by atoms with Crippen molar-refractivity contribution in [3.05, 3.63) is 98.1 Å². The summed E-state index contributed by atoms with van der Waals surface area (Å²) >= 11 is 18.5. The molecule has 184 valence electrons. The quantitative estimate of drug-likeness (QED) is 0.322. The van der Waals surface area contributed by atoms with Gasteiger partial charge in [0, 0.05) is 16.9 Å². The van der Waals surface area contributed by atoms with Crippen molar-refractivity contribution < 1.29 is 14.4 Å². The topological polar surface area (TPSA) is 78.5 Å². The molecule has 0 radical (unpaired) electrons. The molecule has 0 bridgehead atoms. The molecule has 0 spiro atoms. The van der Waals surface area contributed by atoms with E-state index in [9.17, 15) is 14.4 Å². The zero-order valence-corrected chi connectivity index (χ0v) is 21.8. The molecule has 0 saturated heterocycles. The molecule has 4 rings (SSSR count). The Labute approximate surface area is 223 Å². The van der Waals surface area contributed by atoms with E-state index in [-0.39, 0.29) is 32.4 Å². The molecule has 3 aromatic carbocycles. The van der Waals surface area contributed by atoms with Crippen LogP contribution in [0, 0.1) is 0 Å². The lowest BCUT2D eigenvalue weighted by molar-refractivity contribution is -0.120. The normalized spacial score (nSPS) is 13.4. The van der Waals surface area contributed by atoms with Gasteiger partial charge in [-0.25, -0.2) is 4.90 Å². The molecule has 0 fully saturated rings. The van der Waals surface area contributed by atoms with Gasteiger partial charge in [-0.05, 0) is 54.3 Å². The van der Waals surface area contributed by atoms with E-state index >= 15 is 0 Å². The lowest BCUT2D eigenvalue weighted by atomic mass is 10.0. The van der Waals surface area contributed by atoms with Gasteiger partial charge in [-0.1, -0.05) is 79.0 Å². The summed E-state index contributed by atoms with van der Waals surface area (Å²) in [6.45, 7) is 4.07. The summed E-state index contributed by atoms with van der Waals surface area (Å²) < 4.78 is 0. The van der Waals surface area contributed by atoms with Crippen LogP contribution in [0.1, 0.15) is 35.3 Å². The van der Waals surface area contributed by atoms with Gasteiger partial charge in [0.05, 0.1) is 15.7 Å². The Morgan fingerprint density at radius 1 is 0.861 bits per heavy atom. The van der Waals surface area contributed by atoms with Crippen molar-refractivity contribution in [2.75, 3.05) is 15.5 Å². The lowest BCUT2D eigenvalue weighted by Gasteiger charge is -2.17. The summed E-state index contributed by atoms with van der Waals surface area (Å²) in [6, 6.07) is 17.2. The first kappa shape index (κ1) is 25.8. The highest BCUT2D eigenvalue weighted by Crippen LogP contribution is 2.37. The van der Waals surface area contributed by atoms with Crippen molar-refractivity contribution in [1.82, 2.24) is 0 Å². The van der Waals surface area contributed by atoms with E-state index < -0.39 is 11.8 Å². The SMILES string of the molecule is CCc1cccc(CC)c1NC(=O)c1cccc(NC2=C(Cl)C(=O)N(c3cccc(Cl)c3Cl)C2=O)c1. The van der Waals surface area contributed by atoms with Crippen LogP contribution in [0.15, 0.2) is 71.4 Å². The Morgan fingerprint density at radius 3 is 2.17 bits per heavy atom. The highest BCUT2D eigenvalue weighted by atomic mass is 35.5. The number of nitrogens with zero attached hydrogens (tertiary/aromatic N) is 1. The van der Waals surface area contributed by atoms with Crippen molar-refractivity contribution >= 4 is 69.6 Å². The summed E-state index contributed by atoms with van der Waals surface area (Å²) in [5, 5.41) is 5.87. The average Bonchev–Trinajstić information content (AvgIpc) is 3.09. The molecule has 0 aromatic heterocycles. The fourth-order valence-corrected chi connectivity index (χ4v) is 4.56. The first-order chi connectivity index (χ1) is 17.3. The predicted octanol–water partition coefficient (Wildman–Crippen LogP) is 6.81. The van der Waals surface area contributed by atoms with Crippen molar-refractivity contribution in [2.45, 2.75) is 26.7 Å². The number of carbonyl (C=O) groups excluding carboxylic acids is 3. The van der Waals surface area contributed by atoms with Crippen LogP contribution in [0.25, 0.3) is 0 Å². The monoisotopic (exact) mass is 541 g/mol. The number of nitrogens with one attached hydrogen (secondary N) is 2. The van der Waals surface area contributed by atoms with Crippen molar-refractivity contribution in [1.29, 1.82) is 0 Å². The predicted molar refractivity (Wildman–Crippen MR) is 145 cm³/mol. The summed E-state index contributed by atoms with van der Waals surface area (Å²) in [7, 11) is 0. The van der Waals surface area contributed by atoms with Gasteiger partial charge in [-0.15, -0.1) is 0 Å². The van der Waals surface area contributed by atoms with Gasteiger partial charge in [0.15, 0.2) is 0 Å². The van der Waals surface area contributed by atoms with E-state index in [1.54, 1.807) is 36.4 Å². The first-order valence-electron chi connectivity index (χ1n) is 11.3. The number of amides is 3. The summed E-state index contributed by atoms with van der Waals surface area (Å²) in [4.78, 5) is 39.9. The second kappa shape index (κ2) is 10.7. The molecule has 1 aliphatic heterocycles. The maximum Gasteiger partial charge on any atom is 0.283 e. The van der Waals surface area contributed by atoms with Gasteiger partial charge < -0.3 is 10.6 Å². The molecule has 36 heavy (non-hydrogen) atoms. The lowest BCUT2D eigenvalue weighted by Crippen LogP contribution is -2.32. The van der Waals surface area contributed by atoms with Gasteiger partial charge in [0.2, 0.25) is 0 Å². The molecular weight excluding hydrogens is 521 g/mol. The fraction of sp³-hybridized carbons (Fsp3) is 0.148. The molecular formula is C27H22Cl3N3O3. The van der Waals surface area contributed by atoms with Crippen molar-refractivity contribution in [2.24, 2.45) is 0 Å². The van der Waals surface area contributed by atoms with Crippen molar-refractivity contribution in [3.63, 3.8) is 0 Å². The Kier molecular flexibility index (Phi) is 7.69. The summed E-state index contributed by atoms with van der Waals surface area (Å²) in [5.74, 6) is -1.71. The van der Waals surface area contributed by atoms with Crippen LogP contribution in [-0.2, 0) is 22.4 Å². The third-order valence-corrected chi connectivity index (χ3v) is 6.99. The van der Waals surface area contributed by atoms with Gasteiger partial charge in [-0.2, -0.15) is 0 Å². The molecule has 0 aliphatic carbocycles. The zero-order chi connectivity index (χ0) is 26.0. The molecule has 9 heteroatoms. The van der Waals surface area contributed by atoms with Gasteiger partial charge in [-0.3, -0.25) is 14.4 Å². The Balaban J connectivity index is 1.58. The number of para-hydroxylation sites is 1. The number of imide groups is 1. The second-order valence-corrected chi connectivity index (χ2v) is 9.19. The maximum atomic E-state index is 13.1.